The van der Waals surface area contributed by atoms with Crippen LogP contribution >= 0.6 is 0 Å². The topological polar surface area (TPSA) is 79.3 Å². The van der Waals surface area contributed by atoms with Crippen molar-refractivity contribution in [3.05, 3.63) is 65.7 Å². The molecule has 1 saturated heterocycles. The minimum atomic E-state index is -3.85. The Kier molecular flexibility index (Phi) is 4.39. The van der Waals surface area contributed by atoms with Crippen molar-refractivity contribution in [1.29, 1.82) is 0 Å². The van der Waals surface area contributed by atoms with Crippen LogP contribution in [0.15, 0.2) is 64.6 Å². The number of carbonyl (C=O) groups excluding carboxylic acids is 1. The zero-order valence-corrected chi connectivity index (χ0v) is 16.8. The molecule has 0 aliphatic carbocycles. The molecule has 3 atom stereocenters. The van der Waals surface area contributed by atoms with E-state index >= 15 is 0 Å². The molecule has 146 valence electrons. The van der Waals surface area contributed by atoms with Gasteiger partial charge in [0.1, 0.15) is 5.71 Å². The molecular weight excluding hydrogens is 376 g/mol. The maximum atomic E-state index is 13.1. The lowest BCUT2D eigenvalue weighted by atomic mass is 9.87. The summed E-state index contributed by atoms with van der Waals surface area (Å²) >= 11 is 0. The molecule has 2 aromatic rings. The van der Waals surface area contributed by atoms with E-state index in [1.54, 1.807) is 31.2 Å². The van der Waals surface area contributed by atoms with Crippen LogP contribution in [0, 0.1) is 6.92 Å². The Balaban J connectivity index is 1.74. The fraction of sp³-hybridized carbons (Fsp3) is 0.333. The number of ketones is 1. The molecule has 28 heavy (non-hydrogen) atoms. The third-order valence-electron chi connectivity index (χ3n) is 5.51. The molecule has 1 fully saturated rings. The molecule has 0 spiro atoms. The zero-order valence-electron chi connectivity index (χ0n) is 16.0. The Labute approximate surface area is 164 Å². The second kappa shape index (κ2) is 6.53. The molecule has 0 N–H and O–H groups in total. The standard InChI is InChI=1S/C21H22N2O4S/c1-14-9-11-17(12-10-14)28(25,26)23-13-18(16-7-5-4-6-8-16)19(22-23)20(24)21(3)15(2)27-21/h4-12,15,18H,13H2,1-3H3/t15-,18+,21-/m0/s1. The predicted octanol–water partition coefficient (Wildman–Crippen LogP) is 2.89. The number of aryl methyl sites for hydroxylation is 1. The van der Waals surface area contributed by atoms with Crippen molar-refractivity contribution in [2.75, 3.05) is 6.54 Å². The number of nitrogens with zero attached hydrogens (tertiary/aromatic N) is 2. The van der Waals surface area contributed by atoms with Gasteiger partial charge < -0.3 is 4.74 Å². The highest BCUT2D eigenvalue weighted by atomic mass is 32.2. The summed E-state index contributed by atoms with van der Waals surface area (Å²) in [6.07, 6.45) is -0.207. The summed E-state index contributed by atoms with van der Waals surface area (Å²) in [5.74, 6) is -0.683. The first-order valence-corrected chi connectivity index (χ1v) is 10.6. The van der Waals surface area contributed by atoms with E-state index in [4.69, 9.17) is 4.74 Å². The first-order valence-electron chi connectivity index (χ1n) is 9.19. The average molecular weight is 398 g/mol. The van der Waals surface area contributed by atoms with Crippen LogP contribution < -0.4 is 0 Å². The third kappa shape index (κ3) is 3.04. The zero-order chi connectivity index (χ0) is 20.1. The number of carbonyl (C=O) groups is 1. The predicted molar refractivity (Wildman–Crippen MR) is 106 cm³/mol. The molecule has 0 aromatic heterocycles. The van der Waals surface area contributed by atoms with Crippen molar-refractivity contribution >= 4 is 21.5 Å². The lowest BCUT2D eigenvalue weighted by Crippen LogP contribution is -2.33. The molecule has 6 nitrogen and oxygen atoms in total. The van der Waals surface area contributed by atoms with Gasteiger partial charge in [0.25, 0.3) is 10.0 Å². The Bertz CT molecular complexity index is 1050. The summed E-state index contributed by atoms with van der Waals surface area (Å²) in [4.78, 5) is 13.3. The van der Waals surface area contributed by atoms with Gasteiger partial charge in [-0.05, 0) is 38.5 Å². The molecule has 2 aromatic carbocycles. The van der Waals surface area contributed by atoms with Crippen LogP contribution in [0.1, 0.15) is 30.9 Å². The lowest BCUT2D eigenvalue weighted by Gasteiger charge is -2.17. The molecule has 7 heteroatoms. The number of rotatable bonds is 5. The number of ether oxygens (including phenoxy) is 1. The number of Topliss-reactive ketones (excluding diaryl/α,β-unsaturated/α-hetero) is 1. The van der Waals surface area contributed by atoms with E-state index in [1.165, 1.54) is 0 Å². The Hall–Kier alpha value is -2.51. The monoisotopic (exact) mass is 398 g/mol. The maximum Gasteiger partial charge on any atom is 0.279 e. The molecule has 0 bridgehead atoms. The second-order valence-electron chi connectivity index (χ2n) is 7.47. The Morgan fingerprint density at radius 2 is 1.75 bits per heavy atom. The lowest BCUT2D eigenvalue weighted by molar-refractivity contribution is -0.117. The van der Waals surface area contributed by atoms with E-state index in [9.17, 15) is 13.2 Å². The van der Waals surface area contributed by atoms with E-state index < -0.39 is 21.5 Å². The molecule has 2 heterocycles. The summed E-state index contributed by atoms with van der Waals surface area (Å²) < 4.78 is 32.7. The number of benzene rings is 2. The van der Waals surface area contributed by atoms with Gasteiger partial charge in [-0.25, -0.2) is 0 Å². The van der Waals surface area contributed by atoms with Gasteiger partial charge >= 0.3 is 0 Å². The van der Waals surface area contributed by atoms with Gasteiger partial charge in [-0.1, -0.05) is 48.0 Å². The van der Waals surface area contributed by atoms with Crippen LogP contribution in [-0.2, 0) is 19.6 Å². The summed E-state index contributed by atoms with van der Waals surface area (Å²) in [6.45, 7) is 5.53. The Morgan fingerprint density at radius 3 is 2.32 bits per heavy atom. The first-order chi connectivity index (χ1) is 13.2. The van der Waals surface area contributed by atoms with Crippen molar-refractivity contribution in [1.82, 2.24) is 4.41 Å². The average Bonchev–Trinajstić information content (AvgIpc) is 3.10. The largest absolute Gasteiger partial charge is 0.358 e. The van der Waals surface area contributed by atoms with Crippen LogP contribution in [0.25, 0.3) is 0 Å². The Morgan fingerprint density at radius 1 is 1.14 bits per heavy atom. The molecule has 0 saturated carbocycles. The number of epoxide rings is 1. The van der Waals surface area contributed by atoms with Gasteiger partial charge in [0.05, 0.1) is 23.5 Å². The maximum absolute atomic E-state index is 13.1. The quantitative estimate of drug-likeness (QED) is 0.726. The van der Waals surface area contributed by atoms with Gasteiger partial charge in [-0.15, -0.1) is 0 Å². The number of hydrazone groups is 1. The van der Waals surface area contributed by atoms with Crippen molar-refractivity contribution in [3.63, 3.8) is 0 Å². The van der Waals surface area contributed by atoms with Crippen molar-refractivity contribution in [2.24, 2.45) is 5.10 Å². The van der Waals surface area contributed by atoms with E-state index in [1.807, 2.05) is 44.2 Å². The van der Waals surface area contributed by atoms with Crippen LogP contribution in [0.3, 0.4) is 0 Å². The smallest absolute Gasteiger partial charge is 0.279 e. The molecule has 0 radical (unpaired) electrons. The highest BCUT2D eigenvalue weighted by Crippen LogP contribution is 2.40. The number of hydrogen-bond acceptors (Lipinski definition) is 5. The van der Waals surface area contributed by atoms with Crippen LogP contribution in [0.5, 0.6) is 0 Å². The molecule has 4 rings (SSSR count). The van der Waals surface area contributed by atoms with Crippen molar-refractivity contribution < 1.29 is 17.9 Å². The first kappa shape index (κ1) is 18.8. The van der Waals surface area contributed by atoms with Gasteiger partial charge in [-0.3, -0.25) is 4.79 Å². The van der Waals surface area contributed by atoms with Crippen LogP contribution in [-0.4, -0.2) is 42.6 Å². The molecule has 2 aliphatic rings. The van der Waals surface area contributed by atoms with Gasteiger partial charge in [0.2, 0.25) is 5.78 Å². The highest BCUT2D eigenvalue weighted by molar-refractivity contribution is 7.89. The van der Waals surface area contributed by atoms with E-state index in [2.05, 4.69) is 5.10 Å². The summed E-state index contributed by atoms with van der Waals surface area (Å²) in [6, 6.07) is 16.0. The van der Waals surface area contributed by atoms with Gasteiger partial charge in [0.15, 0.2) is 5.60 Å². The third-order valence-corrected chi connectivity index (χ3v) is 7.16. The molecule has 0 amide bonds. The van der Waals surface area contributed by atoms with Crippen molar-refractivity contribution in [3.8, 4) is 0 Å². The van der Waals surface area contributed by atoms with E-state index in [-0.39, 0.29) is 29.0 Å². The molecular formula is C21H22N2O4S. The second-order valence-corrected chi connectivity index (χ2v) is 9.31. The van der Waals surface area contributed by atoms with E-state index in [0.717, 1.165) is 15.5 Å². The fourth-order valence-electron chi connectivity index (χ4n) is 3.44. The number of hydrogen-bond donors (Lipinski definition) is 0. The van der Waals surface area contributed by atoms with Gasteiger partial charge in [-0.2, -0.15) is 17.9 Å². The highest BCUT2D eigenvalue weighted by Gasteiger charge is 2.58. The molecule has 0 unspecified atom stereocenters. The fourth-order valence-corrected chi connectivity index (χ4v) is 4.70. The minimum Gasteiger partial charge on any atom is -0.358 e. The summed E-state index contributed by atoms with van der Waals surface area (Å²) in [5.41, 5.74) is 1.12. The summed E-state index contributed by atoms with van der Waals surface area (Å²) in [5, 5.41) is 4.29. The number of sulfonamides is 1. The SMILES string of the molecule is Cc1ccc(S(=O)(=O)N2C[C@H](c3ccccc3)C(C(=O)[C@@]3(C)O[C@H]3C)=N2)cc1. The van der Waals surface area contributed by atoms with Crippen LogP contribution in [0.4, 0.5) is 0 Å². The van der Waals surface area contributed by atoms with Crippen LogP contribution in [0.2, 0.25) is 0 Å². The molecule has 2 aliphatic heterocycles. The van der Waals surface area contributed by atoms with Crippen molar-refractivity contribution in [2.45, 2.75) is 43.3 Å². The van der Waals surface area contributed by atoms with E-state index in [0.29, 0.717) is 0 Å². The van der Waals surface area contributed by atoms with Gasteiger partial charge in [0, 0.05) is 0 Å². The minimum absolute atomic E-state index is 0.0890. The summed E-state index contributed by atoms with van der Waals surface area (Å²) in [7, 11) is -3.85. The normalized spacial score (nSPS) is 26.8.